The number of aromatic hydroxyl groups is 1. The highest BCUT2D eigenvalue weighted by Gasteiger charge is 2.70. The number of rotatable bonds is 2. The first-order chi connectivity index (χ1) is 13.7. The summed E-state index contributed by atoms with van der Waals surface area (Å²) in [6.07, 6.45) is -3.06. The molecule has 148 valence electrons. The first kappa shape index (κ1) is 17.9. The minimum absolute atomic E-state index is 0.0134. The second-order valence-electron chi connectivity index (χ2n) is 7.69. The van der Waals surface area contributed by atoms with E-state index in [4.69, 9.17) is 9.47 Å². The van der Waals surface area contributed by atoms with Gasteiger partial charge in [0.2, 0.25) is 0 Å². The molecule has 0 amide bonds. The van der Waals surface area contributed by atoms with Crippen LogP contribution in [-0.4, -0.2) is 57.7 Å². The van der Waals surface area contributed by atoms with Crippen molar-refractivity contribution in [3.8, 4) is 5.75 Å². The summed E-state index contributed by atoms with van der Waals surface area (Å²) in [6.45, 7) is 2.83. The van der Waals surface area contributed by atoms with E-state index >= 15 is 0 Å². The molecule has 3 aliphatic carbocycles. The molecular formula is C20H15N2O7-. The normalized spacial score (nSPS) is 34.3. The van der Waals surface area contributed by atoms with Gasteiger partial charge in [-0.1, -0.05) is 12.1 Å². The van der Waals surface area contributed by atoms with Gasteiger partial charge in [0.1, 0.15) is 23.6 Å². The zero-order chi connectivity index (χ0) is 20.8. The fourth-order valence-electron chi connectivity index (χ4n) is 4.81. The van der Waals surface area contributed by atoms with Crippen molar-refractivity contribution in [3.63, 3.8) is 0 Å². The van der Waals surface area contributed by atoms with Crippen LogP contribution in [0.15, 0.2) is 45.6 Å². The van der Waals surface area contributed by atoms with E-state index in [1.54, 1.807) is 6.92 Å². The van der Waals surface area contributed by atoms with Crippen LogP contribution in [0.1, 0.15) is 34.6 Å². The number of aliphatic hydroxyl groups is 1. The first-order valence-corrected chi connectivity index (χ1v) is 8.99. The zero-order valence-corrected chi connectivity index (χ0v) is 15.4. The lowest BCUT2D eigenvalue weighted by molar-refractivity contribution is -0.147. The van der Waals surface area contributed by atoms with Gasteiger partial charge in [0.05, 0.1) is 11.6 Å². The van der Waals surface area contributed by atoms with E-state index < -0.39 is 47.5 Å². The van der Waals surface area contributed by atoms with Crippen LogP contribution in [0.5, 0.6) is 5.75 Å². The highest BCUT2D eigenvalue weighted by Crippen LogP contribution is 2.58. The molecule has 5 rings (SSSR count). The number of esters is 1. The fraction of sp³-hybridized carbons (Fsp3) is 0.350. The van der Waals surface area contributed by atoms with Gasteiger partial charge in [0, 0.05) is 34.8 Å². The molecule has 1 unspecified atom stereocenters. The van der Waals surface area contributed by atoms with Gasteiger partial charge in [-0.15, -0.1) is 0 Å². The van der Waals surface area contributed by atoms with Crippen molar-refractivity contribution in [2.45, 2.75) is 43.8 Å². The molecule has 0 spiro atoms. The minimum atomic E-state index is -1.33. The van der Waals surface area contributed by atoms with Gasteiger partial charge in [-0.2, -0.15) is 0 Å². The van der Waals surface area contributed by atoms with Crippen molar-refractivity contribution in [2.75, 3.05) is 0 Å². The van der Waals surface area contributed by atoms with Crippen LogP contribution >= 0.6 is 0 Å². The van der Waals surface area contributed by atoms with E-state index in [0.29, 0.717) is 0 Å². The number of benzene rings is 1. The van der Waals surface area contributed by atoms with Crippen LogP contribution in [0.2, 0.25) is 0 Å². The van der Waals surface area contributed by atoms with Crippen LogP contribution in [0.25, 0.3) is 5.53 Å². The molecular weight excluding hydrogens is 380 g/mol. The number of phenols is 1. The maximum atomic E-state index is 13.2. The Hall–Kier alpha value is -3.17. The molecule has 9 nitrogen and oxygen atoms in total. The number of fused-ring (bicyclic) bond motifs is 3. The standard InChI is InChI=1S/C20H15N2O7/c1-6(23)28-18-13-11(17(27)19-20(18,2)29-19)10-12(14(13)22-21)16(26)9-7(15(10)25)4-3-5-8(9)24/h3-5,14,17-19,24,27H,1-2H3/q-1/t14?,17-,18+,19-,20+/m0/s1. The molecule has 29 heavy (non-hydrogen) atoms. The van der Waals surface area contributed by atoms with Crippen LogP contribution in [0.4, 0.5) is 0 Å². The fourth-order valence-corrected chi connectivity index (χ4v) is 4.81. The van der Waals surface area contributed by atoms with Crippen molar-refractivity contribution >= 4 is 17.5 Å². The number of epoxide rings is 1. The van der Waals surface area contributed by atoms with Gasteiger partial charge in [-0.3, -0.25) is 14.4 Å². The average Bonchev–Trinajstić information content (AvgIpc) is 3.25. The maximum Gasteiger partial charge on any atom is 0.303 e. The maximum absolute atomic E-state index is 13.2. The number of hydrogen-bond donors (Lipinski definition) is 2. The predicted octanol–water partition coefficient (Wildman–Crippen LogP) is 1.23. The highest BCUT2D eigenvalue weighted by atomic mass is 16.7. The molecule has 0 saturated carbocycles. The van der Waals surface area contributed by atoms with Gasteiger partial charge in [0.25, 0.3) is 0 Å². The predicted molar refractivity (Wildman–Crippen MR) is 95.2 cm³/mol. The second-order valence-corrected chi connectivity index (χ2v) is 7.69. The van der Waals surface area contributed by atoms with Gasteiger partial charge < -0.3 is 30.3 Å². The Labute approximate surface area is 164 Å². The molecule has 4 aliphatic rings. The number of Topliss-reactive ketones (excluding diaryl/α,β-unsaturated/α-hetero) is 2. The lowest BCUT2D eigenvalue weighted by Crippen LogP contribution is -2.45. The summed E-state index contributed by atoms with van der Waals surface area (Å²) >= 11 is 0. The van der Waals surface area contributed by atoms with Crippen LogP contribution < -0.4 is 0 Å². The van der Waals surface area contributed by atoms with Crippen LogP contribution in [-0.2, 0) is 14.3 Å². The third kappa shape index (κ3) is 2.03. The number of nitrogens with zero attached hydrogens (tertiary/aromatic N) is 2. The van der Waals surface area contributed by atoms with E-state index in [-0.39, 0.29) is 39.2 Å². The summed E-state index contributed by atoms with van der Waals surface area (Å²) in [4.78, 5) is 38.2. The summed E-state index contributed by atoms with van der Waals surface area (Å²) in [5, 5.41) is 24.3. The number of aliphatic hydroxyl groups excluding tert-OH is 1. The highest BCUT2D eigenvalue weighted by molar-refractivity contribution is 6.31. The van der Waals surface area contributed by atoms with E-state index in [2.05, 4.69) is 5.11 Å². The average molecular weight is 395 g/mol. The van der Waals surface area contributed by atoms with E-state index in [1.165, 1.54) is 25.1 Å². The zero-order valence-electron chi connectivity index (χ0n) is 15.4. The van der Waals surface area contributed by atoms with E-state index in [1.807, 2.05) is 0 Å². The Morgan fingerprint density at radius 1 is 1.28 bits per heavy atom. The van der Waals surface area contributed by atoms with Crippen molar-refractivity contribution in [3.05, 3.63) is 57.1 Å². The van der Waals surface area contributed by atoms with E-state index in [9.17, 15) is 30.1 Å². The van der Waals surface area contributed by atoms with Gasteiger partial charge in [0.15, 0.2) is 17.7 Å². The Bertz CT molecular complexity index is 1120. The molecule has 0 bridgehead atoms. The number of ketones is 2. The Balaban J connectivity index is 1.76. The third-order valence-electron chi connectivity index (χ3n) is 6.08. The molecule has 1 aromatic rings. The molecule has 9 heteroatoms. The van der Waals surface area contributed by atoms with Crippen molar-refractivity contribution in [1.29, 1.82) is 0 Å². The Kier molecular flexibility index (Phi) is 3.37. The van der Waals surface area contributed by atoms with Crippen LogP contribution in [0.3, 0.4) is 0 Å². The Morgan fingerprint density at radius 2 is 2.00 bits per heavy atom. The number of carbonyl (C=O) groups is 3. The molecule has 5 atom stereocenters. The summed E-state index contributed by atoms with van der Waals surface area (Å²) < 4.78 is 11.0. The Morgan fingerprint density at radius 3 is 2.66 bits per heavy atom. The minimum Gasteiger partial charge on any atom is -0.711 e. The number of carbonyl (C=O) groups excluding carboxylic acids is 3. The van der Waals surface area contributed by atoms with Crippen molar-refractivity contribution in [2.24, 2.45) is 5.11 Å². The summed E-state index contributed by atoms with van der Waals surface area (Å²) in [5.41, 5.74) is 8.47. The largest absolute Gasteiger partial charge is 0.711 e. The van der Waals surface area contributed by atoms with Crippen molar-refractivity contribution in [1.82, 2.24) is 0 Å². The number of ether oxygens (including phenoxy) is 2. The molecule has 1 aromatic carbocycles. The second kappa shape index (κ2) is 5.46. The van der Waals surface area contributed by atoms with Crippen LogP contribution in [0, 0.1) is 0 Å². The lowest BCUT2D eigenvalue weighted by atomic mass is 9.78. The quantitative estimate of drug-likeness (QED) is 0.435. The van der Waals surface area contributed by atoms with E-state index in [0.717, 1.165) is 0 Å². The molecule has 1 heterocycles. The summed E-state index contributed by atoms with van der Waals surface area (Å²) in [6, 6.07) is 2.79. The molecule has 0 radical (unpaired) electrons. The summed E-state index contributed by atoms with van der Waals surface area (Å²) in [5.74, 6) is -2.27. The number of phenolic OH excluding ortho intramolecular Hbond substituents is 1. The smallest absolute Gasteiger partial charge is 0.303 e. The molecule has 0 aromatic heterocycles. The van der Waals surface area contributed by atoms with Gasteiger partial charge in [-0.05, 0) is 13.0 Å². The monoisotopic (exact) mass is 395 g/mol. The third-order valence-corrected chi connectivity index (χ3v) is 6.08. The van der Waals surface area contributed by atoms with Crippen molar-refractivity contribution < 1.29 is 34.1 Å². The van der Waals surface area contributed by atoms with Gasteiger partial charge >= 0.3 is 5.97 Å². The number of hydrogen-bond acceptors (Lipinski definition) is 8. The molecule has 2 N–H and O–H groups in total. The summed E-state index contributed by atoms with van der Waals surface area (Å²) in [7, 11) is 0. The molecule has 1 aliphatic heterocycles. The lowest BCUT2D eigenvalue weighted by Gasteiger charge is -2.32. The molecule has 1 fully saturated rings. The van der Waals surface area contributed by atoms with Gasteiger partial charge in [-0.25, -0.2) is 0 Å². The first-order valence-electron chi connectivity index (χ1n) is 8.99. The topological polar surface area (TPSA) is 148 Å². The molecule has 1 saturated heterocycles. The SMILES string of the molecule is CC(=O)O[C@@H]1C2=C(C3=C(C(=O)c4c(O)cccc4C3=O)C2N=[N-])[C@H](O)[C@@H]2O[C@]12C.